The van der Waals surface area contributed by atoms with Gasteiger partial charge in [-0.25, -0.2) is 0 Å². The third kappa shape index (κ3) is 7.03. The highest BCUT2D eigenvalue weighted by molar-refractivity contribution is 5.85. The van der Waals surface area contributed by atoms with Crippen LogP contribution >= 0.6 is 12.4 Å². The summed E-state index contributed by atoms with van der Waals surface area (Å²) in [6.45, 7) is -1.32. The summed E-state index contributed by atoms with van der Waals surface area (Å²) in [5.41, 5.74) is 5.66. The van der Waals surface area contributed by atoms with Gasteiger partial charge in [0.2, 0.25) is 5.91 Å². The van der Waals surface area contributed by atoms with E-state index in [1.807, 2.05) is 0 Å². The van der Waals surface area contributed by atoms with Crippen molar-refractivity contribution in [3.8, 4) is 0 Å². The van der Waals surface area contributed by atoms with Crippen LogP contribution in [0.3, 0.4) is 0 Å². The third-order valence-electron chi connectivity index (χ3n) is 2.66. The van der Waals surface area contributed by atoms with Crippen LogP contribution < -0.4 is 11.1 Å². The number of amides is 1. The molecule has 2 unspecified atom stereocenters. The maximum absolute atomic E-state index is 11.7. The van der Waals surface area contributed by atoms with E-state index in [1.54, 1.807) is 0 Å². The second kappa shape index (κ2) is 7.81. The summed E-state index contributed by atoms with van der Waals surface area (Å²) < 4.78 is 39.5. The molecule has 0 aliphatic heterocycles. The Kier molecular flexibility index (Phi) is 7.58. The van der Waals surface area contributed by atoms with Crippen LogP contribution in [-0.2, 0) is 9.53 Å². The van der Waals surface area contributed by atoms with E-state index in [0.717, 1.165) is 12.8 Å². The molecule has 0 radical (unpaired) electrons. The zero-order valence-corrected chi connectivity index (χ0v) is 10.6. The molecule has 0 aromatic rings. The first-order chi connectivity index (χ1) is 7.88. The molecule has 1 amide bonds. The van der Waals surface area contributed by atoms with Gasteiger partial charge in [0.1, 0.15) is 6.61 Å². The first-order valence-electron chi connectivity index (χ1n) is 5.56. The second-order valence-corrected chi connectivity index (χ2v) is 4.23. The lowest BCUT2D eigenvalue weighted by Crippen LogP contribution is -2.33. The van der Waals surface area contributed by atoms with Gasteiger partial charge in [-0.15, -0.1) is 12.4 Å². The molecule has 2 atom stereocenters. The minimum atomic E-state index is -4.32. The minimum Gasteiger partial charge on any atom is -0.370 e. The molecular weight excluding hydrogens is 273 g/mol. The van der Waals surface area contributed by atoms with Gasteiger partial charge in [-0.2, -0.15) is 13.2 Å². The Morgan fingerprint density at radius 2 is 2.06 bits per heavy atom. The first-order valence-corrected chi connectivity index (χ1v) is 5.56. The molecule has 108 valence electrons. The zero-order chi connectivity index (χ0) is 12.9. The maximum atomic E-state index is 11.7. The Bertz CT molecular complexity index is 264. The van der Waals surface area contributed by atoms with Crippen LogP contribution in [0.25, 0.3) is 0 Å². The van der Waals surface area contributed by atoms with Crippen molar-refractivity contribution in [3.05, 3.63) is 0 Å². The fraction of sp³-hybridized carbons (Fsp3) is 0.900. The van der Waals surface area contributed by atoms with Crippen molar-refractivity contribution < 1.29 is 22.7 Å². The maximum Gasteiger partial charge on any atom is 0.411 e. The summed E-state index contributed by atoms with van der Waals surface area (Å²) in [5, 5.41) is 2.54. The van der Waals surface area contributed by atoms with Crippen molar-refractivity contribution in [1.82, 2.24) is 5.32 Å². The number of rotatable bonds is 5. The zero-order valence-electron chi connectivity index (χ0n) is 9.83. The van der Waals surface area contributed by atoms with Crippen LogP contribution in [0.4, 0.5) is 13.2 Å². The van der Waals surface area contributed by atoms with Crippen molar-refractivity contribution in [2.75, 3.05) is 19.8 Å². The van der Waals surface area contributed by atoms with Gasteiger partial charge >= 0.3 is 6.18 Å². The van der Waals surface area contributed by atoms with Crippen LogP contribution in [0.2, 0.25) is 0 Å². The lowest BCUT2D eigenvalue weighted by atomic mass is 10.1. The average molecular weight is 291 g/mol. The Morgan fingerprint density at radius 3 is 2.56 bits per heavy atom. The minimum absolute atomic E-state index is 0. The lowest BCUT2D eigenvalue weighted by molar-refractivity contribution is -0.173. The molecule has 8 heteroatoms. The van der Waals surface area contributed by atoms with E-state index in [2.05, 4.69) is 10.1 Å². The van der Waals surface area contributed by atoms with Gasteiger partial charge < -0.3 is 15.8 Å². The standard InChI is InChI=1S/C10H17F3N2O2.ClH/c11-10(12,13)6-17-4-3-15-9(16)7-1-2-8(14)5-7;/h7-8H,1-6,14H2,(H,15,16);1H. The van der Waals surface area contributed by atoms with Crippen molar-refractivity contribution in [2.24, 2.45) is 11.7 Å². The van der Waals surface area contributed by atoms with Crippen LogP contribution in [0.1, 0.15) is 19.3 Å². The number of halogens is 4. The predicted octanol–water partition coefficient (Wildman–Crippen LogP) is 1.23. The molecule has 0 aromatic heterocycles. The summed E-state index contributed by atoms with van der Waals surface area (Å²) in [4.78, 5) is 11.5. The molecule has 18 heavy (non-hydrogen) atoms. The molecule has 1 fully saturated rings. The van der Waals surface area contributed by atoms with Crippen molar-refractivity contribution in [3.63, 3.8) is 0 Å². The topological polar surface area (TPSA) is 64.4 Å². The number of carbonyl (C=O) groups excluding carboxylic acids is 1. The highest BCUT2D eigenvalue weighted by Crippen LogP contribution is 2.23. The highest BCUT2D eigenvalue weighted by Gasteiger charge is 2.28. The number of alkyl halides is 3. The third-order valence-corrected chi connectivity index (χ3v) is 2.66. The molecule has 0 spiro atoms. The van der Waals surface area contributed by atoms with Crippen LogP contribution in [0, 0.1) is 5.92 Å². The molecule has 1 aliphatic carbocycles. The molecule has 1 saturated carbocycles. The van der Waals surface area contributed by atoms with Gasteiger partial charge in [0.25, 0.3) is 0 Å². The van der Waals surface area contributed by atoms with Crippen molar-refractivity contribution >= 4 is 18.3 Å². The van der Waals surface area contributed by atoms with E-state index in [9.17, 15) is 18.0 Å². The quantitative estimate of drug-likeness (QED) is 0.749. The fourth-order valence-corrected chi connectivity index (χ4v) is 1.83. The highest BCUT2D eigenvalue weighted by atomic mass is 35.5. The number of hydrogen-bond acceptors (Lipinski definition) is 3. The molecule has 0 saturated heterocycles. The van der Waals surface area contributed by atoms with Crippen molar-refractivity contribution in [1.29, 1.82) is 0 Å². The van der Waals surface area contributed by atoms with E-state index < -0.39 is 12.8 Å². The van der Waals surface area contributed by atoms with E-state index >= 15 is 0 Å². The molecule has 1 aliphatic rings. The molecule has 4 nitrogen and oxygen atoms in total. The van der Waals surface area contributed by atoms with Crippen LogP contribution in [0.15, 0.2) is 0 Å². The van der Waals surface area contributed by atoms with Gasteiger partial charge in [0, 0.05) is 18.5 Å². The van der Waals surface area contributed by atoms with Crippen molar-refractivity contribution in [2.45, 2.75) is 31.5 Å². The van der Waals surface area contributed by atoms with Gasteiger partial charge in [-0.3, -0.25) is 4.79 Å². The number of nitrogens with one attached hydrogen (secondary N) is 1. The van der Waals surface area contributed by atoms with Crippen LogP contribution in [0.5, 0.6) is 0 Å². The summed E-state index contributed by atoms with van der Waals surface area (Å²) in [6.07, 6.45) is -2.10. The van der Waals surface area contributed by atoms with Crippen LogP contribution in [-0.4, -0.2) is 37.9 Å². The smallest absolute Gasteiger partial charge is 0.370 e. The molecular formula is C10H18ClF3N2O2. The Morgan fingerprint density at radius 1 is 1.39 bits per heavy atom. The molecule has 1 rings (SSSR count). The normalized spacial score (nSPS) is 23.6. The number of hydrogen-bond donors (Lipinski definition) is 2. The summed E-state index contributed by atoms with van der Waals surface area (Å²) in [6, 6.07) is 0.0622. The van der Waals surface area contributed by atoms with E-state index in [0.29, 0.717) is 6.42 Å². The van der Waals surface area contributed by atoms with E-state index in [4.69, 9.17) is 5.73 Å². The second-order valence-electron chi connectivity index (χ2n) is 4.23. The molecule has 3 N–H and O–H groups in total. The molecule has 0 heterocycles. The van der Waals surface area contributed by atoms with E-state index in [1.165, 1.54) is 0 Å². The number of nitrogens with two attached hydrogens (primary N) is 1. The Labute approximate surface area is 110 Å². The lowest BCUT2D eigenvalue weighted by Gasteiger charge is -2.11. The average Bonchev–Trinajstić information content (AvgIpc) is 2.62. The number of ether oxygens (including phenoxy) is 1. The van der Waals surface area contributed by atoms with Gasteiger partial charge in [-0.05, 0) is 19.3 Å². The monoisotopic (exact) mass is 290 g/mol. The van der Waals surface area contributed by atoms with Gasteiger partial charge in [0.15, 0.2) is 0 Å². The largest absolute Gasteiger partial charge is 0.411 e. The Hall–Kier alpha value is -0.530. The fourth-order valence-electron chi connectivity index (χ4n) is 1.83. The predicted molar refractivity (Wildman–Crippen MR) is 62.4 cm³/mol. The van der Waals surface area contributed by atoms with E-state index in [-0.39, 0.29) is 43.4 Å². The Balaban J connectivity index is 0.00000289. The SMILES string of the molecule is Cl.NC1CCC(C(=O)NCCOCC(F)(F)F)C1. The first kappa shape index (κ1) is 17.5. The molecule has 0 bridgehead atoms. The summed E-state index contributed by atoms with van der Waals surface area (Å²) >= 11 is 0. The summed E-state index contributed by atoms with van der Waals surface area (Å²) in [7, 11) is 0. The summed E-state index contributed by atoms with van der Waals surface area (Å²) in [5.74, 6) is -0.249. The number of carbonyl (C=O) groups is 1. The van der Waals surface area contributed by atoms with Gasteiger partial charge in [-0.1, -0.05) is 0 Å². The van der Waals surface area contributed by atoms with Gasteiger partial charge in [0.05, 0.1) is 6.61 Å². The molecule has 0 aromatic carbocycles.